The minimum atomic E-state index is -3.61. The van der Waals surface area contributed by atoms with E-state index < -0.39 is 10.0 Å². The number of hydrogen-bond acceptors (Lipinski definition) is 5. The maximum Gasteiger partial charge on any atom is 0.251 e. The third-order valence-electron chi connectivity index (χ3n) is 6.04. The Hall–Kier alpha value is -1.48. The van der Waals surface area contributed by atoms with Crippen LogP contribution in [0.25, 0.3) is 0 Å². The second kappa shape index (κ2) is 10.7. The summed E-state index contributed by atoms with van der Waals surface area (Å²) in [5.41, 5.74) is 1.04. The zero-order valence-corrected chi connectivity index (χ0v) is 19.0. The van der Waals surface area contributed by atoms with Crippen molar-refractivity contribution in [3.63, 3.8) is 0 Å². The molecule has 0 unspecified atom stereocenters. The lowest BCUT2D eigenvalue weighted by Crippen LogP contribution is -2.47. The van der Waals surface area contributed by atoms with Crippen LogP contribution in [-0.4, -0.2) is 76.0 Å². The van der Waals surface area contributed by atoms with Gasteiger partial charge in [-0.3, -0.25) is 4.79 Å². The number of carbonyl (C=O) groups excluding carboxylic acids is 1. The molecule has 1 aromatic rings. The number of ether oxygens (including phenoxy) is 1. The fourth-order valence-corrected chi connectivity index (χ4v) is 5.72. The van der Waals surface area contributed by atoms with Crippen molar-refractivity contribution in [3.8, 4) is 0 Å². The van der Waals surface area contributed by atoms with Crippen LogP contribution >= 0.6 is 0 Å². The van der Waals surface area contributed by atoms with Gasteiger partial charge in [0.15, 0.2) is 0 Å². The summed E-state index contributed by atoms with van der Waals surface area (Å²) < 4.78 is 33.6. The maximum absolute atomic E-state index is 13.1. The molecule has 8 heteroatoms. The van der Waals surface area contributed by atoms with E-state index in [4.69, 9.17) is 4.74 Å². The fraction of sp³-hybridized carbons (Fsp3) is 0.682. The van der Waals surface area contributed by atoms with Crippen molar-refractivity contribution in [1.82, 2.24) is 14.5 Å². The number of hydrogen-bond donors (Lipinski definition) is 1. The summed E-state index contributed by atoms with van der Waals surface area (Å²) >= 11 is 0. The molecule has 0 spiro atoms. The molecule has 0 aromatic heterocycles. The first-order chi connectivity index (χ1) is 14.4. The molecule has 2 fully saturated rings. The zero-order valence-electron chi connectivity index (χ0n) is 18.2. The number of nitrogens with one attached hydrogen (secondary N) is 1. The van der Waals surface area contributed by atoms with Crippen LogP contribution in [0, 0.1) is 6.92 Å². The van der Waals surface area contributed by atoms with E-state index in [0.29, 0.717) is 56.6 Å². The van der Waals surface area contributed by atoms with Gasteiger partial charge in [-0.2, -0.15) is 4.31 Å². The highest BCUT2D eigenvalue weighted by Crippen LogP contribution is 2.23. The molecule has 7 nitrogen and oxygen atoms in total. The fourth-order valence-electron chi connectivity index (χ4n) is 4.04. The predicted molar refractivity (Wildman–Crippen MR) is 117 cm³/mol. The standard InChI is InChI=1S/C22H35N3O4S/c1-18-9-10-19(17-21(18)30(27,28)25-14-12-24(2)13-15-25)22(26)23-11-6-16-29-20-7-4-3-5-8-20/h9-10,17,20H,3-8,11-16H2,1-2H3,(H,23,26). The van der Waals surface area contributed by atoms with E-state index in [-0.39, 0.29) is 10.8 Å². The summed E-state index contributed by atoms with van der Waals surface area (Å²) in [7, 11) is -1.62. The third kappa shape index (κ3) is 6.03. The molecule has 168 valence electrons. The van der Waals surface area contributed by atoms with E-state index in [1.165, 1.54) is 29.6 Å². The predicted octanol–water partition coefficient (Wildman–Crippen LogP) is 2.40. The van der Waals surface area contributed by atoms with Gasteiger partial charge in [0.05, 0.1) is 11.0 Å². The first-order valence-corrected chi connectivity index (χ1v) is 12.5. The highest BCUT2D eigenvalue weighted by molar-refractivity contribution is 7.89. The number of benzene rings is 1. The van der Waals surface area contributed by atoms with Crippen molar-refractivity contribution in [2.24, 2.45) is 0 Å². The molecule has 1 aromatic carbocycles. The van der Waals surface area contributed by atoms with E-state index in [1.54, 1.807) is 19.1 Å². The van der Waals surface area contributed by atoms with Crippen LogP contribution in [0.5, 0.6) is 0 Å². The Morgan fingerprint density at radius 3 is 2.53 bits per heavy atom. The van der Waals surface area contributed by atoms with Crippen molar-refractivity contribution < 1.29 is 17.9 Å². The van der Waals surface area contributed by atoms with Gasteiger partial charge in [-0.05, 0) is 50.9 Å². The Morgan fingerprint density at radius 1 is 1.13 bits per heavy atom. The van der Waals surface area contributed by atoms with Crippen molar-refractivity contribution in [1.29, 1.82) is 0 Å². The first-order valence-electron chi connectivity index (χ1n) is 11.1. The van der Waals surface area contributed by atoms with Crippen LogP contribution in [0.3, 0.4) is 0 Å². The highest BCUT2D eigenvalue weighted by Gasteiger charge is 2.29. The molecule has 1 heterocycles. The summed E-state index contributed by atoms with van der Waals surface area (Å²) in [4.78, 5) is 14.9. The Kier molecular flexibility index (Phi) is 8.27. The van der Waals surface area contributed by atoms with E-state index in [0.717, 1.165) is 19.3 Å². The zero-order chi connectivity index (χ0) is 21.6. The Bertz CT molecular complexity index is 814. The topological polar surface area (TPSA) is 78.9 Å². The Morgan fingerprint density at radius 2 is 1.83 bits per heavy atom. The van der Waals surface area contributed by atoms with Crippen LogP contribution < -0.4 is 5.32 Å². The van der Waals surface area contributed by atoms with Gasteiger partial charge in [-0.25, -0.2) is 8.42 Å². The molecule has 1 aliphatic heterocycles. The lowest BCUT2D eigenvalue weighted by atomic mass is 9.98. The minimum Gasteiger partial charge on any atom is -0.378 e. The van der Waals surface area contributed by atoms with Gasteiger partial charge < -0.3 is 15.0 Å². The number of sulfonamides is 1. The molecule has 1 saturated carbocycles. The molecular weight excluding hydrogens is 402 g/mol. The normalized spacial score (nSPS) is 19.7. The van der Waals surface area contributed by atoms with Gasteiger partial charge in [0.25, 0.3) is 5.91 Å². The second-order valence-corrected chi connectivity index (χ2v) is 10.3. The third-order valence-corrected chi connectivity index (χ3v) is 8.08. The molecule has 1 amide bonds. The number of nitrogens with zero attached hydrogens (tertiary/aromatic N) is 2. The van der Waals surface area contributed by atoms with Gasteiger partial charge in [0.1, 0.15) is 0 Å². The van der Waals surface area contributed by atoms with Gasteiger partial charge >= 0.3 is 0 Å². The number of rotatable bonds is 8. The van der Waals surface area contributed by atoms with E-state index >= 15 is 0 Å². The summed E-state index contributed by atoms with van der Waals surface area (Å²) in [5, 5.41) is 2.89. The average Bonchev–Trinajstić information content (AvgIpc) is 2.74. The smallest absolute Gasteiger partial charge is 0.251 e. The van der Waals surface area contributed by atoms with Gasteiger partial charge in [-0.1, -0.05) is 25.3 Å². The molecule has 0 bridgehead atoms. The van der Waals surface area contributed by atoms with E-state index in [2.05, 4.69) is 10.2 Å². The van der Waals surface area contributed by atoms with Gasteiger partial charge in [0, 0.05) is 44.9 Å². The molecule has 1 N–H and O–H groups in total. The van der Waals surface area contributed by atoms with Crippen molar-refractivity contribution in [2.75, 3.05) is 46.4 Å². The first kappa shape index (κ1) is 23.2. The minimum absolute atomic E-state index is 0.223. The molecular formula is C22H35N3O4S. The second-order valence-electron chi connectivity index (χ2n) is 8.43. The number of amides is 1. The number of carbonyl (C=O) groups is 1. The molecule has 1 aliphatic carbocycles. The Balaban J connectivity index is 1.54. The maximum atomic E-state index is 13.1. The van der Waals surface area contributed by atoms with E-state index in [9.17, 15) is 13.2 Å². The lowest BCUT2D eigenvalue weighted by Gasteiger charge is -2.32. The van der Waals surface area contributed by atoms with Gasteiger partial charge in [-0.15, -0.1) is 0 Å². The number of likely N-dealkylation sites (N-methyl/N-ethyl adjacent to an activating group) is 1. The van der Waals surface area contributed by atoms with Crippen LogP contribution in [0.1, 0.15) is 54.4 Å². The molecule has 30 heavy (non-hydrogen) atoms. The molecule has 1 saturated heterocycles. The summed E-state index contributed by atoms with van der Waals surface area (Å²) in [6, 6.07) is 4.91. The SMILES string of the molecule is Cc1ccc(C(=O)NCCCOC2CCCCC2)cc1S(=O)(=O)N1CCN(C)CC1. The van der Waals surface area contributed by atoms with Crippen LogP contribution in [-0.2, 0) is 14.8 Å². The van der Waals surface area contributed by atoms with Crippen molar-refractivity contribution in [2.45, 2.75) is 56.4 Å². The average molecular weight is 438 g/mol. The molecule has 3 rings (SSSR count). The Labute approximate surface area is 180 Å². The van der Waals surface area contributed by atoms with Gasteiger partial charge in [0.2, 0.25) is 10.0 Å². The molecule has 0 radical (unpaired) electrons. The number of aryl methyl sites for hydroxylation is 1. The van der Waals surface area contributed by atoms with Crippen molar-refractivity contribution in [3.05, 3.63) is 29.3 Å². The number of piperazine rings is 1. The van der Waals surface area contributed by atoms with E-state index in [1.807, 2.05) is 7.05 Å². The van der Waals surface area contributed by atoms with Crippen LogP contribution in [0.4, 0.5) is 0 Å². The summed E-state index contributed by atoms with van der Waals surface area (Å²) in [6.45, 7) is 5.28. The van der Waals surface area contributed by atoms with Crippen LogP contribution in [0.15, 0.2) is 23.1 Å². The lowest BCUT2D eigenvalue weighted by molar-refractivity contribution is 0.0273. The highest BCUT2D eigenvalue weighted by atomic mass is 32.2. The quantitative estimate of drug-likeness (QED) is 0.632. The van der Waals surface area contributed by atoms with Crippen LogP contribution in [0.2, 0.25) is 0 Å². The largest absolute Gasteiger partial charge is 0.378 e. The monoisotopic (exact) mass is 437 g/mol. The molecule has 0 atom stereocenters. The van der Waals surface area contributed by atoms with Crippen molar-refractivity contribution >= 4 is 15.9 Å². The molecule has 2 aliphatic rings. The summed E-state index contributed by atoms with van der Waals surface area (Å²) in [5.74, 6) is -0.248. The summed E-state index contributed by atoms with van der Waals surface area (Å²) in [6.07, 6.45) is 7.19.